The van der Waals surface area contributed by atoms with Crippen LogP contribution in [0.5, 0.6) is 5.75 Å². The van der Waals surface area contributed by atoms with Crippen LogP contribution in [0.1, 0.15) is 26.3 Å². The fourth-order valence-corrected chi connectivity index (χ4v) is 3.20. The summed E-state index contributed by atoms with van der Waals surface area (Å²) in [6, 6.07) is 12.9. The first-order chi connectivity index (χ1) is 9.70. The topological polar surface area (TPSA) is 66.4 Å². The summed E-state index contributed by atoms with van der Waals surface area (Å²) in [5.41, 5.74) is 1.28. The highest BCUT2D eigenvalue weighted by atomic mass is 32.2. The van der Waals surface area contributed by atoms with Crippen molar-refractivity contribution in [1.29, 1.82) is 0 Å². The first kappa shape index (κ1) is 15.4. The molecule has 5 heteroatoms. The Morgan fingerprint density at radius 1 is 1.00 bits per heavy atom. The predicted octanol–water partition coefficient (Wildman–Crippen LogP) is 3.49. The zero-order valence-corrected chi connectivity index (χ0v) is 13.1. The van der Waals surface area contributed by atoms with Crippen molar-refractivity contribution >= 4 is 15.7 Å². The molecule has 0 aliphatic carbocycles. The molecule has 0 bridgehead atoms. The van der Waals surface area contributed by atoms with Crippen molar-refractivity contribution in [1.82, 2.24) is 0 Å². The van der Waals surface area contributed by atoms with E-state index in [1.54, 1.807) is 12.1 Å². The number of benzene rings is 2. The van der Waals surface area contributed by atoms with Gasteiger partial charge in [-0.2, -0.15) is 0 Å². The highest BCUT2D eigenvalue weighted by molar-refractivity contribution is 7.92. The molecule has 2 rings (SSSR count). The number of aromatic hydroxyl groups is 1. The zero-order chi connectivity index (χ0) is 15.7. The minimum atomic E-state index is -3.73. The van der Waals surface area contributed by atoms with Crippen molar-refractivity contribution < 1.29 is 13.5 Å². The molecule has 0 atom stereocenters. The average molecular weight is 305 g/mol. The molecule has 112 valence electrons. The maximum absolute atomic E-state index is 12.4. The zero-order valence-electron chi connectivity index (χ0n) is 12.3. The molecule has 0 unspecified atom stereocenters. The monoisotopic (exact) mass is 305 g/mol. The summed E-state index contributed by atoms with van der Waals surface area (Å²) in [7, 11) is -3.73. The van der Waals surface area contributed by atoms with Gasteiger partial charge in [-0.25, -0.2) is 8.42 Å². The fraction of sp³-hybridized carbons (Fsp3) is 0.250. The summed E-state index contributed by atoms with van der Waals surface area (Å²) in [5, 5.41) is 9.43. The molecule has 0 aliphatic heterocycles. The van der Waals surface area contributed by atoms with Gasteiger partial charge in [0, 0.05) is 6.07 Å². The van der Waals surface area contributed by atoms with Crippen molar-refractivity contribution in [2.45, 2.75) is 31.1 Å². The molecule has 4 nitrogen and oxygen atoms in total. The molecule has 0 aliphatic rings. The van der Waals surface area contributed by atoms with Gasteiger partial charge in [0.2, 0.25) is 0 Å². The largest absolute Gasteiger partial charge is 0.508 e. The third-order valence-electron chi connectivity index (χ3n) is 3.11. The minimum Gasteiger partial charge on any atom is -0.508 e. The van der Waals surface area contributed by atoms with Crippen LogP contribution >= 0.6 is 0 Å². The second-order valence-electron chi connectivity index (χ2n) is 5.90. The molecule has 0 amide bonds. The molecule has 0 fully saturated rings. The van der Waals surface area contributed by atoms with Crippen molar-refractivity contribution in [3.8, 4) is 5.75 Å². The van der Waals surface area contributed by atoms with Crippen LogP contribution in [-0.4, -0.2) is 13.5 Å². The molecule has 0 spiro atoms. The third-order valence-corrected chi connectivity index (χ3v) is 4.47. The predicted molar refractivity (Wildman–Crippen MR) is 84.1 cm³/mol. The number of phenolic OH excluding ortho intramolecular Hbond substituents is 1. The van der Waals surface area contributed by atoms with Crippen LogP contribution in [0, 0.1) is 0 Å². The third kappa shape index (κ3) is 3.55. The maximum Gasteiger partial charge on any atom is 0.262 e. The number of anilines is 1. The van der Waals surface area contributed by atoms with Gasteiger partial charge < -0.3 is 5.11 Å². The Morgan fingerprint density at radius 3 is 2.29 bits per heavy atom. The van der Waals surface area contributed by atoms with E-state index in [0.29, 0.717) is 5.69 Å². The SMILES string of the molecule is CC(C)(C)c1ccccc1NS(=O)(=O)c1cccc(O)c1. The van der Waals surface area contributed by atoms with E-state index in [4.69, 9.17) is 0 Å². The molecule has 21 heavy (non-hydrogen) atoms. The second-order valence-corrected chi connectivity index (χ2v) is 7.58. The number of hydrogen-bond acceptors (Lipinski definition) is 3. The highest BCUT2D eigenvalue weighted by Crippen LogP contribution is 2.31. The van der Waals surface area contributed by atoms with Gasteiger partial charge in [0.15, 0.2) is 0 Å². The Hall–Kier alpha value is -2.01. The summed E-state index contributed by atoms with van der Waals surface area (Å²) in [6.45, 7) is 6.07. The quantitative estimate of drug-likeness (QED) is 0.912. The average Bonchev–Trinajstić information content (AvgIpc) is 2.37. The second kappa shape index (κ2) is 5.41. The summed E-state index contributed by atoms with van der Waals surface area (Å²) < 4.78 is 27.4. The molecule has 2 aromatic rings. The lowest BCUT2D eigenvalue weighted by Gasteiger charge is -2.23. The Labute approximate surface area is 125 Å². The van der Waals surface area contributed by atoms with Gasteiger partial charge in [0.1, 0.15) is 5.75 Å². The number of sulfonamides is 1. The van der Waals surface area contributed by atoms with E-state index in [1.165, 1.54) is 24.3 Å². The Bertz CT molecular complexity index is 746. The van der Waals surface area contributed by atoms with E-state index in [0.717, 1.165) is 5.56 Å². The van der Waals surface area contributed by atoms with Crippen LogP contribution in [0.25, 0.3) is 0 Å². The molecule has 2 aromatic carbocycles. The van der Waals surface area contributed by atoms with Gasteiger partial charge in [0.05, 0.1) is 10.6 Å². The van der Waals surface area contributed by atoms with Crippen molar-refractivity contribution in [2.24, 2.45) is 0 Å². The van der Waals surface area contributed by atoms with Gasteiger partial charge in [-0.05, 0) is 29.2 Å². The molecular formula is C16H19NO3S. The molecule has 0 aromatic heterocycles. The number of para-hydroxylation sites is 1. The summed E-state index contributed by atoms with van der Waals surface area (Å²) in [4.78, 5) is 0.0335. The first-order valence-corrected chi connectivity index (χ1v) is 8.10. The summed E-state index contributed by atoms with van der Waals surface area (Å²) >= 11 is 0. The van der Waals surface area contributed by atoms with E-state index in [9.17, 15) is 13.5 Å². The normalized spacial score (nSPS) is 12.1. The highest BCUT2D eigenvalue weighted by Gasteiger charge is 2.21. The van der Waals surface area contributed by atoms with E-state index >= 15 is 0 Å². The maximum atomic E-state index is 12.4. The first-order valence-electron chi connectivity index (χ1n) is 6.61. The molecule has 0 radical (unpaired) electrons. The van der Waals surface area contributed by atoms with Gasteiger partial charge in [-0.15, -0.1) is 0 Å². The molecular weight excluding hydrogens is 286 g/mol. The van der Waals surface area contributed by atoms with Gasteiger partial charge in [0.25, 0.3) is 10.0 Å². The Balaban J connectivity index is 2.43. The van der Waals surface area contributed by atoms with Crippen molar-refractivity contribution in [2.75, 3.05) is 4.72 Å². The van der Waals surface area contributed by atoms with Crippen LogP contribution in [0.4, 0.5) is 5.69 Å². The molecule has 0 saturated carbocycles. The van der Waals surface area contributed by atoms with Crippen LogP contribution < -0.4 is 4.72 Å². The smallest absolute Gasteiger partial charge is 0.262 e. The number of rotatable bonds is 3. The van der Waals surface area contributed by atoms with Gasteiger partial charge >= 0.3 is 0 Å². The Morgan fingerprint density at radius 2 is 1.67 bits per heavy atom. The lowest BCUT2D eigenvalue weighted by Crippen LogP contribution is -2.19. The minimum absolute atomic E-state index is 0.0335. The standard InChI is InChI=1S/C16H19NO3S/c1-16(2,3)14-9-4-5-10-15(14)17-21(19,20)13-8-6-7-12(18)11-13/h4-11,17-18H,1-3H3. The van der Waals surface area contributed by atoms with Crippen molar-refractivity contribution in [3.05, 3.63) is 54.1 Å². The molecule has 2 N–H and O–H groups in total. The number of phenols is 1. The van der Waals surface area contributed by atoms with Crippen LogP contribution in [0.15, 0.2) is 53.4 Å². The lowest BCUT2D eigenvalue weighted by molar-refractivity contribution is 0.473. The van der Waals surface area contributed by atoms with Crippen LogP contribution in [-0.2, 0) is 15.4 Å². The van der Waals surface area contributed by atoms with E-state index in [1.807, 2.05) is 32.9 Å². The Kier molecular flexibility index (Phi) is 3.96. The fourth-order valence-electron chi connectivity index (χ4n) is 2.08. The van der Waals surface area contributed by atoms with Gasteiger partial charge in [-0.3, -0.25) is 4.72 Å². The number of hydrogen-bond donors (Lipinski definition) is 2. The van der Waals surface area contributed by atoms with Crippen LogP contribution in [0.2, 0.25) is 0 Å². The van der Waals surface area contributed by atoms with E-state index in [2.05, 4.69) is 4.72 Å². The molecule has 0 saturated heterocycles. The molecule has 0 heterocycles. The van der Waals surface area contributed by atoms with Crippen LogP contribution in [0.3, 0.4) is 0 Å². The summed E-state index contributed by atoms with van der Waals surface area (Å²) in [6.07, 6.45) is 0. The number of nitrogens with one attached hydrogen (secondary N) is 1. The van der Waals surface area contributed by atoms with E-state index in [-0.39, 0.29) is 16.1 Å². The van der Waals surface area contributed by atoms with Crippen molar-refractivity contribution in [3.63, 3.8) is 0 Å². The summed E-state index contributed by atoms with van der Waals surface area (Å²) in [5.74, 6) is -0.0815. The van der Waals surface area contributed by atoms with E-state index < -0.39 is 10.0 Å². The van der Waals surface area contributed by atoms with Gasteiger partial charge in [-0.1, -0.05) is 45.0 Å². The lowest BCUT2D eigenvalue weighted by atomic mass is 9.86.